The first kappa shape index (κ1) is 14.8. The van der Waals surface area contributed by atoms with Gasteiger partial charge in [0.1, 0.15) is 0 Å². The predicted octanol–water partition coefficient (Wildman–Crippen LogP) is 0.580. The Balaban J connectivity index is 1.62. The summed E-state index contributed by atoms with van der Waals surface area (Å²) < 4.78 is 0. The average Bonchev–Trinajstić information content (AvgIpc) is 2.97. The Morgan fingerprint density at radius 2 is 1.79 bits per heavy atom. The summed E-state index contributed by atoms with van der Waals surface area (Å²) in [5.41, 5.74) is 1.41. The van der Waals surface area contributed by atoms with Gasteiger partial charge in [-0.1, -0.05) is 0 Å². The van der Waals surface area contributed by atoms with Gasteiger partial charge in [0.25, 0.3) is 5.91 Å². The summed E-state index contributed by atoms with van der Waals surface area (Å²) in [7, 11) is 0. The number of hydrogen-bond donors (Lipinski definition) is 1. The number of anilines is 1. The minimum Gasteiger partial charge on any atom is -0.298 e. The van der Waals surface area contributed by atoms with Crippen LogP contribution in [0, 0.1) is 0 Å². The molecule has 0 atom stereocenters. The van der Waals surface area contributed by atoms with E-state index in [1.54, 1.807) is 6.07 Å². The fourth-order valence-electron chi connectivity index (χ4n) is 2.74. The number of nitrogens with one attached hydrogen (secondary N) is 1. The third-order valence-electron chi connectivity index (χ3n) is 3.93. The molecule has 2 heterocycles. The molecule has 24 heavy (non-hydrogen) atoms. The number of amides is 3. The number of carbonyl (C=O) groups excluding carboxylic acids is 3. The molecular formula is C16H12N4O3S. The second kappa shape index (κ2) is 5.72. The Morgan fingerprint density at radius 3 is 2.58 bits per heavy atom. The Hall–Kier alpha value is -2.74. The van der Waals surface area contributed by atoms with E-state index in [0.29, 0.717) is 16.1 Å². The van der Waals surface area contributed by atoms with Crippen LogP contribution in [0.5, 0.6) is 0 Å². The second-order valence-corrected chi connectivity index (χ2v) is 6.67. The number of benzene rings is 1. The molecule has 1 aliphatic carbocycles. The molecule has 4 rings (SSSR count). The Kier molecular flexibility index (Phi) is 3.53. The van der Waals surface area contributed by atoms with Crippen molar-refractivity contribution >= 4 is 34.2 Å². The lowest BCUT2D eigenvalue weighted by Crippen LogP contribution is -2.35. The summed E-state index contributed by atoms with van der Waals surface area (Å²) in [4.78, 5) is 47.9. The number of nitrogens with zero attached hydrogens (tertiary/aromatic N) is 3. The molecule has 1 N–H and O–H groups in total. The second-order valence-electron chi connectivity index (χ2n) is 5.59. The van der Waals surface area contributed by atoms with Crippen molar-refractivity contribution < 1.29 is 14.4 Å². The lowest BCUT2D eigenvalue weighted by Gasteiger charge is -2.06. The number of carbonyl (C=O) groups is 3. The smallest absolute Gasteiger partial charge is 0.298 e. The lowest BCUT2D eigenvalue weighted by molar-refractivity contribution is -0.135. The van der Waals surface area contributed by atoms with Gasteiger partial charge in [0.2, 0.25) is 0 Å². The van der Waals surface area contributed by atoms with Crippen molar-refractivity contribution in [2.24, 2.45) is 9.98 Å². The highest BCUT2D eigenvalue weighted by Crippen LogP contribution is 2.29. The van der Waals surface area contributed by atoms with Gasteiger partial charge in [-0.3, -0.25) is 19.7 Å². The number of fused-ring (bicyclic) bond motifs is 2. The molecular weight excluding hydrogens is 328 g/mol. The molecule has 7 nitrogen and oxygen atoms in total. The van der Waals surface area contributed by atoms with E-state index in [1.807, 2.05) is 0 Å². The molecule has 0 saturated carbocycles. The van der Waals surface area contributed by atoms with Crippen molar-refractivity contribution in [3.05, 3.63) is 45.0 Å². The van der Waals surface area contributed by atoms with E-state index in [0.717, 1.165) is 31.4 Å². The Bertz CT molecular complexity index is 985. The van der Waals surface area contributed by atoms with E-state index >= 15 is 0 Å². The maximum absolute atomic E-state index is 12.4. The van der Waals surface area contributed by atoms with Crippen molar-refractivity contribution in [3.8, 4) is 0 Å². The van der Waals surface area contributed by atoms with Gasteiger partial charge in [0.15, 0.2) is 5.13 Å². The van der Waals surface area contributed by atoms with Gasteiger partial charge < -0.3 is 0 Å². The molecule has 0 bridgehead atoms. The Labute approximate surface area is 140 Å². The van der Waals surface area contributed by atoms with Crippen LogP contribution < -0.4 is 16.0 Å². The van der Waals surface area contributed by atoms with Gasteiger partial charge in [0, 0.05) is 10.4 Å². The quantitative estimate of drug-likeness (QED) is 0.808. The van der Waals surface area contributed by atoms with Crippen molar-refractivity contribution in [1.29, 1.82) is 0 Å². The number of aromatic nitrogens is 1. The van der Waals surface area contributed by atoms with Crippen LogP contribution in [0.3, 0.4) is 0 Å². The van der Waals surface area contributed by atoms with E-state index in [1.165, 1.54) is 28.3 Å². The van der Waals surface area contributed by atoms with Gasteiger partial charge in [-0.2, -0.15) is 0 Å². The highest BCUT2D eigenvalue weighted by molar-refractivity contribution is 7.15. The third kappa shape index (κ3) is 2.65. The molecule has 8 heteroatoms. The molecule has 2 aliphatic rings. The molecule has 3 amide bonds. The van der Waals surface area contributed by atoms with Gasteiger partial charge in [-0.15, -0.1) is 11.3 Å². The maximum Gasteiger partial charge on any atom is 0.338 e. The zero-order valence-electron chi connectivity index (χ0n) is 12.5. The summed E-state index contributed by atoms with van der Waals surface area (Å²) in [5.74, 6) is -2.15. The van der Waals surface area contributed by atoms with Crippen molar-refractivity contribution in [2.45, 2.75) is 25.7 Å². The molecule has 0 unspecified atom stereocenters. The number of rotatable bonds is 2. The lowest BCUT2D eigenvalue weighted by atomic mass is 10.0. The first-order chi connectivity index (χ1) is 11.6. The normalized spacial score (nSPS) is 15.8. The zero-order valence-corrected chi connectivity index (χ0v) is 13.4. The van der Waals surface area contributed by atoms with Crippen LogP contribution in [-0.4, -0.2) is 22.7 Å². The summed E-state index contributed by atoms with van der Waals surface area (Å²) >= 11 is 1.50. The SMILES string of the molecule is O=C1N=c2ccc(C(=O)Nc3nc4c(s3)CCCC4)cc2=NC1=O. The third-order valence-corrected chi connectivity index (χ3v) is 5.00. The van der Waals surface area contributed by atoms with Gasteiger partial charge in [-0.05, 0) is 43.9 Å². The molecule has 0 spiro atoms. The first-order valence-corrected chi connectivity index (χ1v) is 8.37. The van der Waals surface area contributed by atoms with Gasteiger partial charge >= 0.3 is 11.8 Å². The molecule has 2 aromatic rings. The van der Waals surface area contributed by atoms with Crippen LogP contribution in [0.4, 0.5) is 5.13 Å². The fourth-order valence-corrected chi connectivity index (χ4v) is 3.78. The predicted molar refractivity (Wildman–Crippen MR) is 85.5 cm³/mol. The van der Waals surface area contributed by atoms with Crippen LogP contribution in [-0.2, 0) is 22.4 Å². The largest absolute Gasteiger partial charge is 0.338 e. The minimum atomic E-state index is -0.923. The standard InChI is InChI=1S/C16H12N4O3S/c21-13(20-16-19-10-3-1-2-4-12(10)24-16)8-5-6-9-11(7-8)18-15(23)14(22)17-9/h5-7H,1-4H2,(H,19,20,21). The molecule has 120 valence electrons. The number of hydrogen-bond acceptors (Lipinski definition) is 5. The van der Waals surface area contributed by atoms with Crippen molar-refractivity contribution in [3.63, 3.8) is 0 Å². The van der Waals surface area contributed by atoms with Crippen LogP contribution in [0.25, 0.3) is 0 Å². The van der Waals surface area contributed by atoms with Crippen LogP contribution in [0.15, 0.2) is 28.2 Å². The number of aryl methyl sites for hydroxylation is 2. The first-order valence-electron chi connectivity index (χ1n) is 7.56. The summed E-state index contributed by atoms with van der Waals surface area (Å²) in [6.45, 7) is 0. The monoisotopic (exact) mass is 340 g/mol. The molecule has 1 aliphatic heterocycles. The van der Waals surface area contributed by atoms with Crippen LogP contribution >= 0.6 is 11.3 Å². The van der Waals surface area contributed by atoms with E-state index in [-0.39, 0.29) is 11.3 Å². The summed E-state index contributed by atoms with van der Waals surface area (Å²) in [5, 5.41) is 3.89. The van der Waals surface area contributed by atoms with Gasteiger partial charge in [-0.25, -0.2) is 15.0 Å². The minimum absolute atomic E-state index is 0.227. The zero-order chi connectivity index (χ0) is 16.7. The molecule has 1 aromatic heterocycles. The molecule has 0 saturated heterocycles. The maximum atomic E-state index is 12.4. The fraction of sp³-hybridized carbons (Fsp3) is 0.250. The highest BCUT2D eigenvalue weighted by atomic mass is 32.1. The topological polar surface area (TPSA) is 101 Å². The summed E-state index contributed by atoms with van der Waals surface area (Å²) in [6, 6.07) is 4.50. The number of thiazole rings is 1. The van der Waals surface area contributed by atoms with Crippen molar-refractivity contribution in [2.75, 3.05) is 5.32 Å². The Morgan fingerprint density at radius 1 is 1.04 bits per heavy atom. The van der Waals surface area contributed by atoms with E-state index in [9.17, 15) is 14.4 Å². The molecule has 0 fully saturated rings. The van der Waals surface area contributed by atoms with Crippen LogP contribution in [0.2, 0.25) is 0 Å². The van der Waals surface area contributed by atoms with Gasteiger partial charge in [0.05, 0.1) is 16.4 Å². The molecule has 0 radical (unpaired) electrons. The average molecular weight is 340 g/mol. The van der Waals surface area contributed by atoms with E-state index in [4.69, 9.17) is 0 Å². The molecule has 1 aromatic carbocycles. The van der Waals surface area contributed by atoms with E-state index < -0.39 is 11.8 Å². The highest BCUT2D eigenvalue weighted by Gasteiger charge is 2.18. The van der Waals surface area contributed by atoms with E-state index in [2.05, 4.69) is 20.3 Å². The van der Waals surface area contributed by atoms with Crippen molar-refractivity contribution in [1.82, 2.24) is 4.98 Å². The summed E-state index contributed by atoms with van der Waals surface area (Å²) in [6.07, 6.45) is 4.26. The van der Waals surface area contributed by atoms with Crippen LogP contribution in [0.1, 0.15) is 33.8 Å².